The van der Waals surface area contributed by atoms with Gasteiger partial charge in [0.2, 0.25) is 5.91 Å². The first kappa shape index (κ1) is 13.1. The highest BCUT2D eigenvalue weighted by Crippen LogP contribution is 2.11. The molecule has 1 aliphatic rings. The lowest BCUT2D eigenvalue weighted by atomic mass is 10.1. The van der Waals surface area contributed by atoms with Crippen LogP contribution in [0.2, 0.25) is 0 Å². The first-order valence-corrected chi connectivity index (χ1v) is 6.02. The molecule has 100 valence electrons. The zero-order chi connectivity index (χ0) is 13.8. The normalized spacial score (nSPS) is 19.5. The number of nitrogens with one attached hydrogen (secondary N) is 3. The van der Waals surface area contributed by atoms with Crippen molar-refractivity contribution in [2.24, 2.45) is 0 Å². The maximum atomic E-state index is 11.8. The van der Waals surface area contributed by atoms with Crippen LogP contribution in [0.5, 0.6) is 0 Å². The van der Waals surface area contributed by atoms with Crippen molar-refractivity contribution in [3.05, 3.63) is 35.9 Å². The molecule has 0 radical (unpaired) electrons. The molecular formula is C13H15N3O3. The Kier molecular flexibility index (Phi) is 3.79. The van der Waals surface area contributed by atoms with Crippen molar-refractivity contribution in [3.63, 3.8) is 0 Å². The zero-order valence-electron chi connectivity index (χ0n) is 10.5. The molecule has 0 bridgehead atoms. The maximum Gasteiger partial charge on any atom is 0.322 e. The Morgan fingerprint density at radius 1 is 1.32 bits per heavy atom. The minimum atomic E-state index is -0.782. The Morgan fingerprint density at radius 2 is 2.00 bits per heavy atom. The van der Waals surface area contributed by atoms with Gasteiger partial charge in [0, 0.05) is 0 Å². The summed E-state index contributed by atoms with van der Waals surface area (Å²) < 4.78 is 0. The van der Waals surface area contributed by atoms with E-state index in [2.05, 4.69) is 16.0 Å². The summed E-state index contributed by atoms with van der Waals surface area (Å²) in [4.78, 5) is 34.0. The molecule has 6 heteroatoms. The number of rotatable bonds is 4. The fraction of sp³-hybridized carbons (Fsp3) is 0.308. The minimum Gasteiger partial charge on any atom is -0.350 e. The number of imide groups is 1. The van der Waals surface area contributed by atoms with Crippen LogP contribution in [0.4, 0.5) is 4.79 Å². The van der Waals surface area contributed by atoms with E-state index in [-0.39, 0.29) is 18.4 Å². The first-order chi connectivity index (χ1) is 9.06. The van der Waals surface area contributed by atoms with Gasteiger partial charge >= 0.3 is 6.03 Å². The maximum absolute atomic E-state index is 11.8. The molecule has 0 aliphatic carbocycles. The fourth-order valence-electron chi connectivity index (χ4n) is 1.91. The van der Waals surface area contributed by atoms with Crippen molar-refractivity contribution >= 4 is 17.8 Å². The molecule has 1 aromatic carbocycles. The van der Waals surface area contributed by atoms with Crippen molar-refractivity contribution in [1.82, 2.24) is 16.0 Å². The van der Waals surface area contributed by atoms with Crippen molar-refractivity contribution in [1.29, 1.82) is 0 Å². The number of benzene rings is 1. The highest BCUT2D eigenvalue weighted by atomic mass is 16.2. The second kappa shape index (κ2) is 5.51. The van der Waals surface area contributed by atoms with Gasteiger partial charge in [-0.15, -0.1) is 0 Å². The van der Waals surface area contributed by atoms with Gasteiger partial charge in [-0.1, -0.05) is 30.3 Å². The quantitative estimate of drug-likeness (QED) is 0.688. The van der Waals surface area contributed by atoms with E-state index in [1.54, 1.807) is 0 Å². The number of carbonyl (C=O) groups is 3. The monoisotopic (exact) mass is 261 g/mol. The fourth-order valence-corrected chi connectivity index (χ4v) is 1.91. The molecule has 1 aromatic rings. The SMILES string of the molecule is C[C@H](NC(=O)C[C@H]1NC(=O)NC1=O)c1ccccc1. The topological polar surface area (TPSA) is 87.3 Å². The van der Waals surface area contributed by atoms with Gasteiger partial charge in [-0.25, -0.2) is 4.79 Å². The van der Waals surface area contributed by atoms with Gasteiger partial charge in [0.05, 0.1) is 12.5 Å². The second-order valence-electron chi connectivity index (χ2n) is 4.42. The Hall–Kier alpha value is -2.37. The summed E-state index contributed by atoms with van der Waals surface area (Å²) in [5, 5.41) is 7.26. The summed E-state index contributed by atoms with van der Waals surface area (Å²) in [6.45, 7) is 1.86. The van der Waals surface area contributed by atoms with Gasteiger partial charge in [-0.3, -0.25) is 14.9 Å². The number of hydrogen-bond acceptors (Lipinski definition) is 3. The molecule has 0 unspecified atom stereocenters. The van der Waals surface area contributed by atoms with Crippen LogP contribution in [-0.4, -0.2) is 23.9 Å². The van der Waals surface area contributed by atoms with Crippen LogP contribution in [0.25, 0.3) is 0 Å². The van der Waals surface area contributed by atoms with Crippen LogP contribution < -0.4 is 16.0 Å². The summed E-state index contributed by atoms with van der Waals surface area (Å²) in [7, 11) is 0. The zero-order valence-corrected chi connectivity index (χ0v) is 10.5. The van der Waals surface area contributed by atoms with E-state index >= 15 is 0 Å². The molecule has 1 aliphatic heterocycles. The van der Waals surface area contributed by atoms with E-state index in [0.717, 1.165) is 5.56 Å². The van der Waals surface area contributed by atoms with Gasteiger partial charge in [-0.05, 0) is 12.5 Å². The van der Waals surface area contributed by atoms with Crippen LogP contribution >= 0.6 is 0 Å². The van der Waals surface area contributed by atoms with E-state index in [1.807, 2.05) is 37.3 Å². The summed E-state index contributed by atoms with van der Waals surface area (Å²) in [6, 6.07) is 8.02. The van der Waals surface area contributed by atoms with E-state index in [1.165, 1.54) is 0 Å². The number of amides is 4. The predicted octanol–water partition coefficient (Wildman–Crippen LogP) is 0.462. The first-order valence-electron chi connectivity index (χ1n) is 6.02. The van der Waals surface area contributed by atoms with E-state index in [9.17, 15) is 14.4 Å². The molecule has 3 N–H and O–H groups in total. The van der Waals surface area contributed by atoms with Gasteiger partial charge < -0.3 is 10.6 Å². The third-order valence-electron chi connectivity index (χ3n) is 2.93. The number of carbonyl (C=O) groups excluding carboxylic acids is 3. The Morgan fingerprint density at radius 3 is 2.58 bits per heavy atom. The van der Waals surface area contributed by atoms with Gasteiger partial charge in [0.1, 0.15) is 6.04 Å². The Labute approximate surface area is 110 Å². The largest absolute Gasteiger partial charge is 0.350 e. The third kappa shape index (κ3) is 3.31. The average molecular weight is 261 g/mol. The van der Waals surface area contributed by atoms with Crippen molar-refractivity contribution in [3.8, 4) is 0 Å². The predicted molar refractivity (Wildman–Crippen MR) is 68.1 cm³/mol. The van der Waals surface area contributed by atoms with E-state index in [4.69, 9.17) is 0 Å². The standard InChI is InChI=1S/C13H15N3O3/c1-8(9-5-3-2-4-6-9)14-11(17)7-10-12(18)16-13(19)15-10/h2-6,8,10H,7H2,1H3,(H,14,17)(H2,15,16,18,19)/t8-,10+/m0/s1. The Balaban J connectivity index is 1.88. The highest BCUT2D eigenvalue weighted by Gasteiger charge is 2.31. The molecular weight excluding hydrogens is 246 g/mol. The lowest BCUT2D eigenvalue weighted by Gasteiger charge is -2.15. The second-order valence-corrected chi connectivity index (χ2v) is 4.42. The summed E-state index contributed by atoms with van der Waals surface area (Å²) in [6.07, 6.45) is -0.0608. The van der Waals surface area contributed by atoms with Gasteiger partial charge in [0.25, 0.3) is 5.91 Å². The molecule has 19 heavy (non-hydrogen) atoms. The minimum absolute atomic E-state index is 0.0608. The van der Waals surface area contributed by atoms with Crippen LogP contribution in [0.1, 0.15) is 24.9 Å². The molecule has 1 saturated heterocycles. The molecule has 0 aromatic heterocycles. The van der Waals surface area contributed by atoms with Crippen molar-refractivity contribution in [2.75, 3.05) is 0 Å². The van der Waals surface area contributed by atoms with E-state index < -0.39 is 18.0 Å². The van der Waals surface area contributed by atoms with Gasteiger partial charge in [-0.2, -0.15) is 0 Å². The van der Waals surface area contributed by atoms with Crippen molar-refractivity contribution in [2.45, 2.75) is 25.4 Å². The molecule has 4 amide bonds. The van der Waals surface area contributed by atoms with E-state index in [0.29, 0.717) is 0 Å². The molecule has 6 nitrogen and oxygen atoms in total. The van der Waals surface area contributed by atoms with Crippen LogP contribution in [0.3, 0.4) is 0 Å². The number of urea groups is 1. The van der Waals surface area contributed by atoms with Crippen LogP contribution in [0, 0.1) is 0 Å². The highest BCUT2D eigenvalue weighted by molar-refractivity contribution is 6.05. The molecule has 1 heterocycles. The van der Waals surface area contributed by atoms with Gasteiger partial charge in [0.15, 0.2) is 0 Å². The molecule has 0 saturated carbocycles. The lowest BCUT2D eigenvalue weighted by molar-refractivity contribution is -0.126. The summed E-state index contributed by atoms with van der Waals surface area (Å²) >= 11 is 0. The summed E-state index contributed by atoms with van der Waals surface area (Å²) in [5.74, 6) is -0.744. The molecule has 2 rings (SSSR count). The molecule has 0 spiro atoms. The smallest absolute Gasteiger partial charge is 0.322 e. The summed E-state index contributed by atoms with van der Waals surface area (Å²) in [5.41, 5.74) is 0.982. The Bertz CT molecular complexity index is 501. The van der Waals surface area contributed by atoms with Crippen LogP contribution in [0.15, 0.2) is 30.3 Å². The molecule has 1 fully saturated rings. The average Bonchev–Trinajstić information content (AvgIpc) is 2.68. The van der Waals surface area contributed by atoms with Crippen molar-refractivity contribution < 1.29 is 14.4 Å². The third-order valence-corrected chi connectivity index (χ3v) is 2.93. The van der Waals surface area contributed by atoms with Crippen LogP contribution in [-0.2, 0) is 9.59 Å². The molecule has 2 atom stereocenters. The number of hydrogen-bond donors (Lipinski definition) is 3. The lowest BCUT2D eigenvalue weighted by Crippen LogP contribution is -2.37.